The first-order chi connectivity index (χ1) is 14.9. The van der Waals surface area contributed by atoms with E-state index in [-0.39, 0.29) is 17.6 Å². The highest BCUT2D eigenvalue weighted by atomic mass is 35.5. The van der Waals surface area contributed by atoms with Crippen LogP contribution in [0.4, 0.5) is 5.95 Å². The minimum absolute atomic E-state index is 0.00502. The molecule has 1 unspecified atom stereocenters. The van der Waals surface area contributed by atoms with E-state index < -0.39 is 29.9 Å². The van der Waals surface area contributed by atoms with Gasteiger partial charge in [-0.15, -0.1) is 0 Å². The summed E-state index contributed by atoms with van der Waals surface area (Å²) in [6.07, 6.45) is -0.224. The summed E-state index contributed by atoms with van der Waals surface area (Å²) >= 11 is 6.43. The van der Waals surface area contributed by atoms with Gasteiger partial charge >= 0.3 is 11.7 Å². The first kappa shape index (κ1) is 21.1. The van der Waals surface area contributed by atoms with E-state index in [0.29, 0.717) is 42.8 Å². The van der Waals surface area contributed by atoms with E-state index in [4.69, 9.17) is 11.6 Å². The molecule has 3 heterocycles. The van der Waals surface area contributed by atoms with Crippen molar-refractivity contribution in [3.63, 3.8) is 0 Å². The highest BCUT2D eigenvalue weighted by Gasteiger charge is 2.29. The number of aromatic nitrogens is 4. The summed E-state index contributed by atoms with van der Waals surface area (Å²) in [6.45, 7) is 2.11. The monoisotopic (exact) mass is 448 g/mol. The van der Waals surface area contributed by atoms with Crippen molar-refractivity contribution in [3.05, 3.63) is 50.1 Å². The Labute approximate surface area is 180 Å². The highest BCUT2D eigenvalue weighted by molar-refractivity contribution is 6.32. The molecule has 1 aliphatic heterocycles. The SMILES string of the molecule is O=C(O)C(CCO)n1c(=O)[nH]c(=O)c2c1nc(N1CCNCC1)n2-c1ccccc1Cl. The van der Waals surface area contributed by atoms with Crippen molar-refractivity contribution in [2.24, 2.45) is 0 Å². The van der Waals surface area contributed by atoms with Crippen LogP contribution in [0.15, 0.2) is 33.9 Å². The van der Waals surface area contributed by atoms with Crippen LogP contribution in [0.2, 0.25) is 5.02 Å². The number of aliphatic hydroxyl groups excluding tert-OH is 1. The first-order valence-corrected chi connectivity index (χ1v) is 10.1. The van der Waals surface area contributed by atoms with E-state index in [1.807, 2.05) is 4.90 Å². The standard InChI is InChI=1S/C19H21ClN6O5/c20-11-3-1-2-4-12(11)25-14-15(22-18(25)24-8-6-21-7-9-24)26(19(31)23-16(14)28)13(5-10-27)17(29)30/h1-4,13,21,27H,5-10H2,(H,29,30)(H,23,28,31). The van der Waals surface area contributed by atoms with Gasteiger partial charge in [-0.25, -0.2) is 9.59 Å². The van der Waals surface area contributed by atoms with Crippen LogP contribution in [0.3, 0.4) is 0 Å². The average molecular weight is 449 g/mol. The molecule has 1 saturated heterocycles. The van der Waals surface area contributed by atoms with E-state index in [9.17, 15) is 24.6 Å². The molecule has 2 aromatic heterocycles. The van der Waals surface area contributed by atoms with Crippen LogP contribution in [-0.2, 0) is 4.79 Å². The molecule has 0 amide bonds. The van der Waals surface area contributed by atoms with Crippen molar-refractivity contribution in [2.75, 3.05) is 37.7 Å². The molecule has 31 heavy (non-hydrogen) atoms. The number of aliphatic carboxylic acids is 1. The predicted molar refractivity (Wildman–Crippen MR) is 114 cm³/mol. The van der Waals surface area contributed by atoms with Crippen molar-refractivity contribution < 1.29 is 15.0 Å². The van der Waals surface area contributed by atoms with Gasteiger partial charge < -0.3 is 20.4 Å². The van der Waals surface area contributed by atoms with Crippen LogP contribution in [0.5, 0.6) is 0 Å². The number of carboxylic acid groups (broad SMARTS) is 1. The number of hydrogen-bond acceptors (Lipinski definition) is 7. The number of aliphatic hydroxyl groups is 1. The maximum absolute atomic E-state index is 12.9. The summed E-state index contributed by atoms with van der Waals surface area (Å²) in [4.78, 5) is 46.1. The predicted octanol–water partition coefficient (Wildman–Crippen LogP) is -0.0534. The van der Waals surface area contributed by atoms with Crippen LogP contribution < -0.4 is 21.5 Å². The van der Waals surface area contributed by atoms with E-state index in [2.05, 4.69) is 15.3 Å². The van der Waals surface area contributed by atoms with E-state index in [0.717, 1.165) is 4.57 Å². The molecule has 0 bridgehead atoms. The van der Waals surface area contributed by atoms with E-state index in [1.165, 1.54) is 0 Å². The fourth-order valence-corrected chi connectivity index (χ4v) is 4.01. The van der Waals surface area contributed by atoms with Gasteiger partial charge in [0.15, 0.2) is 11.2 Å². The number of benzene rings is 1. The van der Waals surface area contributed by atoms with Crippen LogP contribution in [0.25, 0.3) is 16.9 Å². The Morgan fingerprint density at radius 3 is 2.58 bits per heavy atom. The molecule has 11 nitrogen and oxygen atoms in total. The Kier molecular flexibility index (Phi) is 5.81. The Balaban J connectivity index is 2.10. The maximum atomic E-state index is 12.9. The lowest BCUT2D eigenvalue weighted by molar-refractivity contribution is -0.141. The zero-order chi connectivity index (χ0) is 22.1. The van der Waals surface area contributed by atoms with Gasteiger partial charge in [0.05, 0.1) is 10.7 Å². The van der Waals surface area contributed by atoms with Gasteiger partial charge in [0.2, 0.25) is 5.95 Å². The second kappa shape index (κ2) is 8.53. The number of carbonyl (C=O) groups is 1. The number of rotatable bonds is 6. The molecule has 1 aromatic carbocycles. The number of hydrogen-bond donors (Lipinski definition) is 4. The lowest BCUT2D eigenvalue weighted by Gasteiger charge is -2.28. The second-order valence-electron chi connectivity index (χ2n) is 7.10. The third kappa shape index (κ3) is 3.71. The van der Waals surface area contributed by atoms with E-state index >= 15 is 0 Å². The topological polar surface area (TPSA) is 145 Å². The molecule has 0 spiro atoms. The molecule has 164 valence electrons. The zero-order valence-electron chi connectivity index (χ0n) is 16.4. The lowest BCUT2D eigenvalue weighted by atomic mass is 10.2. The highest BCUT2D eigenvalue weighted by Crippen LogP contribution is 2.30. The number of anilines is 1. The molecule has 4 rings (SSSR count). The van der Waals surface area contributed by atoms with Gasteiger partial charge in [-0.3, -0.25) is 18.9 Å². The fraction of sp³-hybridized carbons (Fsp3) is 0.368. The van der Waals surface area contributed by atoms with Crippen molar-refractivity contribution in [1.29, 1.82) is 0 Å². The quantitative estimate of drug-likeness (QED) is 0.410. The minimum atomic E-state index is -1.40. The molecule has 0 aliphatic carbocycles. The van der Waals surface area contributed by atoms with Crippen LogP contribution in [-0.4, -0.2) is 68.1 Å². The van der Waals surface area contributed by atoms with Crippen LogP contribution in [0, 0.1) is 0 Å². The number of nitrogens with one attached hydrogen (secondary N) is 2. The second-order valence-corrected chi connectivity index (χ2v) is 7.51. The number of piperazine rings is 1. The molecule has 1 fully saturated rings. The number of aromatic amines is 1. The first-order valence-electron chi connectivity index (χ1n) is 9.75. The lowest BCUT2D eigenvalue weighted by Crippen LogP contribution is -2.44. The number of carboxylic acids is 1. The summed E-state index contributed by atoms with van der Waals surface area (Å²) < 4.78 is 2.46. The summed E-state index contributed by atoms with van der Waals surface area (Å²) in [7, 11) is 0. The van der Waals surface area contributed by atoms with Crippen molar-refractivity contribution in [1.82, 2.24) is 24.4 Å². The molecule has 4 N–H and O–H groups in total. The molecule has 12 heteroatoms. The zero-order valence-corrected chi connectivity index (χ0v) is 17.2. The number of halogens is 1. The Bertz CT molecular complexity index is 1240. The van der Waals surface area contributed by atoms with Gasteiger partial charge in [0.1, 0.15) is 6.04 Å². The Morgan fingerprint density at radius 2 is 1.94 bits per heavy atom. The van der Waals surface area contributed by atoms with Gasteiger partial charge in [-0.1, -0.05) is 23.7 Å². The molecule has 1 atom stereocenters. The molecule has 3 aromatic rings. The summed E-state index contributed by atoms with van der Waals surface area (Å²) in [6, 6.07) is 5.48. The van der Waals surface area contributed by atoms with E-state index in [1.54, 1.807) is 28.8 Å². The summed E-state index contributed by atoms with van der Waals surface area (Å²) in [5, 5.41) is 22.6. The molecular weight excluding hydrogens is 428 g/mol. The largest absolute Gasteiger partial charge is 0.480 e. The number of para-hydroxylation sites is 1. The van der Waals surface area contributed by atoms with Crippen molar-refractivity contribution >= 4 is 34.7 Å². The van der Waals surface area contributed by atoms with Crippen LogP contribution in [0.1, 0.15) is 12.5 Å². The average Bonchev–Trinajstić information content (AvgIpc) is 3.14. The molecular formula is C19H21ClN6O5. The molecule has 0 radical (unpaired) electrons. The Morgan fingerprint density at radius 1 is 1.23 bits per heavy atom. The van der Waals surface area contributed by atoms with Crippen molar-refractivity contribution in [2.45, 2.75) is 12.5 Å². The van der Waals surface area contributed by atoms with Gasteiger partial charge in [-0.2, -0.15) is 4.98 Å². The van der Waals surface area contributed by atoms with Crippen LogP contribution >= 0.6 is 11.6 Å². The maximum Gasteiger partial charge on any atom is 0.330 e. The van der Waals surface area contributed by atoms with Gasteiger partial charge in [0, 0.05) is 39.2 Å². The number of imidazole rings is 1. The van der Waals surface area contributed by atoms with Gasteiger partial charge in [-0.05, 0) is 12.1 Å². The van der Waals surface area contributed by atoms with Crippen molar-refractivity contribution in [3.8, 4) is 5.69 Å². The molecule has 0 saturated carbocycles. The normalized spacial score (nSPS) is 15.4. The summed E-state index contributed by atoms with van der Waals surface area (Å²) in [5.41, 5.74) is -1.22. The van der Waals surface area contributed by atoms with Gasteiger partial charge in [0.25, 0.3) is 5.56 Å². The molecule has 1 aliphatic rings. The number of nitrogens with zero attached hydrogens (tertiary/aromatic N) is 4. The fourth-order valence-electron chi connectivity index (χ4n) is 3.79. The third-order valence-electron chi connectivity index (χ3n) is 5.22. The number of fused-ring (bicyclic) bond motifs is 1. The minimum Gasteiger partial charge on any atom is -0.480 e. The third-order valence-corrected chi connectivity index (χ3v) is 5.54. The summed E-state index contributed by atoms with van der Waals surface area (Å²) in [5.74, 6) is -0.942. The Hall–Kier alpha value is -3.15. The number of H-pyrrole nitrogens is 1. The smallest absolute Gasteiger partial charge is 0.330 e.